The Morgan fingerprint density at radius 3 is 2.78 bits per heavy atom. The summed E-state index contributed by atoms with van der Waals surface area (Å²) in [7, 11) is 2.07. The lowest BCUT2D eigenvalue weighted by Gasteiger charge is -2.36. The normalized spacial score (nSPS) is 28.3. The van der Waals surface area contributed by atoms with Crippen molar-refractivity contribution in [3.63, 3.8) is 0 Å². The molecule has 2 heteroatoms. The average Bonchev–Trinajstić information content (AvgIpc) is 2.40. The van der Waals surface area contributed by atoms with Crippen LogP contribution in [0.25, 0.3) is 0 Å². The fourth-order valence-electron chi connectivity index (χ4n) is 3.30. The van der Waals surface area contributed by atoms with Crippen molar-refractivity contribution in [1.29, 1.82) is 0 Å². The Bertz CT molecular complexity index is 358. The fraction of sp³-hybridized carbons (Fsp3) is 0.688. The Kier molecular flexibility index (Phi) is 4.76. The van der Waals surface area contributed by atoms with Gasteiger partial charge in [-0.05, 0) is 62.7 Å². The molecule has 1 heterocycles. The molecule has 1 aromatic heterocycles. The highest BCUT2D eigenvalue weighted by Crippen LogP contribution is 2.41. The van der Waals surface area contributed by atoms with E-state index >= 15 is 0 Å². The molecule has 0 saturated heterocycles. The quantitative estimate of drug-likeness (QED) is 0.879. The molecule has 1 aliphatic carbocycles. The molecule has 0 spiro atoms. The molecule has 3 unspecified atom stereocenters. The summed E-state index contributed by atoms with van der Waals surface area (Å²) in [6.07, 6.45) is 7.52. The van der Waals surface area contributed by atoms with E-state index in [-0.39, 0.29) is 0 Å². The van der Waals surface area contributed by atoms with Gasteiger partial charge in [0.15, 0.2) is 0 Å². The Labute approximate surface area is 111 Å². The highest BCUT2D eigenvalue weighted by atomic mass is 14.8. The smallest absolute Gasteiger partial charge is 0.0372 e. The first-order valence-corrected chi connectivity index (χ1v) is 7.31. The van der Waals surface area contributed by atoms with Crippen molar-refractivity contribution < 1.29 is 0 Å². The molecule has 1 aliphatic rings. The standard InChI is InChI=1S/C16H26N2/c1-4-13-6-8-14(10-17-3)16(9-13)15-7-5-12(2)18-11-15/h5,7,11,13-14,16-17H,4,6,8-10H2,1-3H3. The summed E-state index contributed by atoms with van der Waals surface area (Å²) in [6.45, 7) is 5.52. The van der Waals surface area contributed by atoms with Gasteiger partial charge in [-0.3, -0.25) is 4.98 Å². The van der Waals surface area contributed by atoms with Gasteiger partial charge in [0, 0.05) is 11.9 Å². The van der Waals surface area contributed by atoms with Crippen LogP contribution in [0.5, 0.6) is 0 Å². The number of hydrogen-bond donors (Lipinski definition) is 1. The maximum Gasteiger partial charge on any atom is 0.0372 e. The van der Waals surface area contributed by atoms with E-state index in [1.807, 2.05) is 0 Å². The second-order valence-electron chi connectivity index (χ2n) is 5.74. The van der Waals surface area contributed by atoms with Crippen molar-refractivity contribution >= 4 is 0 Å². The SMILES string of the molecule is CCC1CCC(CNC)C(c2ccc(C)nc2)C1. The average molecular weight is 246 g/mol. The molecule has 0 bridgehead atoms. The van der Waals surface area contributed by atoms with Gasteiger partial charge >= 0.3 is 0 Å². The van der Waals surface area contributed by atoms with Crippen molar-refractivity contribution in [2.75, 3.05) is 13.6 Å². The van der Waals surface area contributed by atoms with Crippen LogP contribution in [0.3, 0.4) is 0 Å². The van der Waals surface area contributed by atoms with Gasteiger partial charge in [-0.15, -0.1) is 0 Å². The van der Waals surface area contributed by atoms with Crippen molar-refractivity contribution in [1.82, 2.24) is 10.3 Å². The Balaban J connectivity index is 2.15. The van der Waals surface area contributed by atoms with Gasteiger partial charge in [0.2, 0.25) is 0 Å². The van der Waals surface area contributed by atoms with E-state index in [1.165, 1.54) is 31.2 Å². The van der Waals surface area contributed by atoms with Crippen molar-refractivity contribution in [2.24, 2.45) is 11.8 Å². The molecule has 0 aromatic carbocycles. The number of rotatable bonds is 4. The van der Waals surface area contributed by atoms with E-state index in [9.17, 15) is 0 Å². The molecule has 1 N–H and O–H groups in total. The molecule has 18 heavy (non-hydrogen) atoms. The topological polar surface area (TPSA) is 24.9 Å². The highest BCUT2D eigenvalue weighted by Gasteiger charge is 2.30. The van der Waals surface area contributed by atoms with Gasteiger partial charge < -0.3 is 5.32 Å². The first kappa shape index (κ1) is 13.5. The van der Waals surface area contributed by atoms with Crippen molar-refractivity contribution in [3.05, 3.63) is 29.6 Å². The molecule has 0 radical (unpaired) electrons. The molecule has 2 nitrogen and oxygen atoms in total. The maximum atomic E-state index is 4.48. The molecular formula is C16H26N2. The largest absolute Gasteiger partial charge is 0.319 e. The van der Waals surface area contributed by atoms with Crippen LogP contribution in [-0.4, -0.2) is 18.6 Å². The number of aryl methyl sites for hydroxylation is 1. The second kappa shape index (κ2) is 6.33. The van der Waals surface area contributed by atoms with Crippen LogP contribution in [0.4, 0.5) is 0 Å². The van der Waals surface area contributed by atoms with Crippen molar-refractivity contribution in [3.8, 4) is 0 Å². The summed E-state index contributed by atoms with van der Waals surface area (Å²) in [6, 6.07) is 4.44. The third-order valence-electron chi connectivity index (χ3n) is 4.51. The van der Waals surface area contributed by atoms with Gasteiger partial charge in [0.05, 0.1) is 0 Å². The predicted octanol–water partition coefficient (Wildman–Crippen LogP) is 3.52. The van der Waals surface area contributed by atoms with E-state index in [0.717, 1.165) is 24.1 Å². The number of aromatic nitrogens is 1. The molecule has 0 aliphatic heterocycles. The summed E-state index contributed by atoms with van der Waals surface area (Å²) in [5, 5.41) is 3.36. The van der Waals surface area contributed by atoms with Crippen molar-refractivity contribution in [2.45, 2.75) is 45.4 Å². The lowest BCUT2D eigenvalue weighted by molar-refractivity contribution is 0.228. The van der Waals surface area contributed by atoms with E-state index in [1.54, 1.807) is 0 Å². The monoisotopic (exact) mass is 246 g/mol. The van der Waals surface area contributed by atoms with E-state index in [4.69, 9.17) is 0 Å². The second-order valence-corrected chi connectivity index (χ2v) is 5.74. The Hall–Kier alpha value is -0.890. The van der Waals surface area contributed by atoms with Crippen LogP contribution in [-0.2, 0) is 0 Å². The summed E-state index contributed by atoms with van der Waals surface area (Å²) in [4.78, 5) is 4.48. The minimum absolute atomic E-state index is 0.698. The first-order chi connectivity index (χ1) is 8.74. The summed E-state index contributed by atoms with van der Waals surface area (Å²) in [5.41, 5.74) is 2.56. The van der Waals surface area contributed by atoms with Gasteiger partial charge in [0.1, 0.15) is 0 Å². The predicted molar refractivity (Wildman–Crippen MR) is 76.8 cm³/mol. The van der Waals surface area contributed by atoms with Crippen LogP contribution < -0.4 is 5.32 Å². The summed E-state index contributed by atoms with van der Waals surface area (Å²) < 4.78 is 0. The van der Waals surface area contributed by atoms with Crippen LogP contribution in [0.2, 0.25) is 0 Å². The van der Waals surface area contributed by atoms with Gasteiger partial charge in [-0.1, -0.05) is 25.8 Å². The summed E-state index contributed by atoms with van der Waals surface area (Å²) >= 11 is 0. The number of nitrogens with zero attached hydrogens (tertiary/aromatic N) is 1. The first-order valence-electron chi connectivity index (χ1n) is 7.31. The summed E-state index contributed by atoms with van der Waals surface area (Å²) in [5.74, 6) is 2.39. The number of pyridine rings is 1. The van der Waals surface area contributed by atoms with Gasteiger partial charge in [-0.2, -0.15) is 0 Å². The van der Waals surface area contributed by atoms with Crippen LogP contribution >= 0.6 is 0 Å². The lowest BCUT2D eigenvalue weighted by Crippen LogP contribution is -2.30. The molecule has 100 valence electrons. The van der Waals surface area contributed by atoms with Gasteiger partial charge in [-0.25, -0.2) is 0 Å². The molecular weight excluding hydrogens is 220 g/mol. The van der Waals surface area contributed by atoms with Crippen LogP contribution in [0, 0.1) is 18.8 Å². The lowest BCUT2D eigenvalue weighted by atomic mass is 9.70. The molecule has 3 atom stereocenters. The zero-order chi connectivity index (χ0) is 13.0. The minimum Gasteiger partial charge on any atom is -0.319 e. The van der Waals surface area contributed by atoms with E-state index in [0.29, 0.717) is 5.92 Å². The zero-order valence-corrected chi connectivity index (χ0v) is 11.9. The minimum atomic E-state index is 0.698. The van der Waals surface area contributed by atoms with E-state index in [2.05, 4.69) is 49.5 Å². The third-order valence-corrected chi connectivity index (χ3v) is 4.51. The maximum absolute atomic E-state index is 4.48. The molecule has 2 rings (SSSR count). The molecule has 0 amide bonds. The van der Waals surface area contributed by atoms with E-state index < -0.39 is 0 Å². The highest BCUT2D eigenvalue weighted by molar-refractivity contribution is 5.19. The molecule has 1 fully saturated rings. The van der Waals surface area contributed by atoms with Gasteiger partial charge in [0.25, 0.3) is 0 Å². The van der Waals surface area contributed by atoms with Crippen LogP contribution in [0.15, 0.2) is 18.3 Å². The molecule has 1 saturated carbocycles. The Morgan fingerprint density at radius 1 is 1.33 bits per heavy atom. The third kappa shape index (κ3) is 3.11. The van der Waals surface area contributed by atoms with Crippen LogP contribution in [0.1, 0.15) is 49.8 Å². The molecule has 1 aromatic rings. The zero-order valence-electron chi connectivity index (χ0n) is 11.9. The number of hydrogen-bond acceptors (Lipinski definition) is 2. The Morgan fingerprint density at radius 2 is 2.17 bits per heavy atom. The number of nitrogens with one attached hydrogen (secondary N) is 1. The fourth-order valence-corrected chi connectivity index (χ4v) is 3.30.